The predicted octanol–water partition coefficient (Wildman–Crippen LogP) is 13.2. The van der Waals surface area contributed by atoms with Crippen LogP contribution in [0.3, 0.4) is 0 Å². The molecule has 0 aliphatic rings. The first-order valence-electron chi connectivity index (χ1n) is 18.8. The molecule has 0 atom stereocenters. The lowest BCUT2D eigenvalue weighted by atomic mass is 9.85. The first-order valence-corrected chi connectivity index (χ1v) is 18.8. The molecule has 4 heteroatoms. The van der Waals surface area contributed by atoms with Gasteiger partial charge in [-0.2, -0.15) is 0 Å². The van der Waals surface area contributed by atoms with Crippen molar-refractivity contribution in [3.63, 3.8) is 0 Å². The van der Waals surface area contributed by atoms with E-state index in [-0.39, 0.29) is 0 Å². The van der Waals surface area contributed by atoms with Crippen LogP contribution in [0, 0.1) is 0 Å². The molecule has 0 N–H and O–H groups in total. The monoisotopic (exact) mass is 714 g/mol. The fourth-order valence-corrected chi connectivity index (χ4v) is 7.69. The molecule has 0 unspecified atom stereocenters. The molecule has 0 spiro atoms. The van der Waals surface area contributed by atoms with Crippen molar-refractivity contribution in [2.24, 2.45) is 0 Å². The van der Waals surface area contributed by atoms with Crippen LogP contribution in [0.4, 0.5) is 0 Å². The molecule has 0 saturated carbocycles. The lowest BCUT2D eigenvalue weighted by molar-refractivity contribution is 1.18. The second kappa shape index (κ2) is 14.3. The Morgan fingerprint density at radius 3 is 1.20 bits per heavy atom. The summed E-state index contributed by atoms with van der Waals surface area (Å²) in [6.07, 6.45) is 3.72. The summed E-state index contributed by atoms with van der Waals surface area (Å²) < 4.78 is 0. The van der Waals surface area contributed by atoms with Crippen molar-refractivity contribution in [2.45, 2.75) is 0 Å². The molecule has 10 aromatic rings. The van der Waals surface area contributed by atoms with Gasteiger partial charge >= 0.3 is 0 Å². The minimum Gasteiger partial charge on any atom is -0.255 e. The van der Waals surface area contributed by atoms with Crippen molar-refractivity contribution < 1.29 is 0 Å². The molecule has 3 heterocycles. The Bertz CT molecular complexity index is 2850. The van der Waals surface area contributed by atoms with E-state index in [4.69, 9.17) is 15.0 Å². The molecule has 0 radical (unpaired) electrons. The van der Waals surface area contributed by atoms with Crippen LogP contribution in [0.15, 0.2) is 207 Å². The SMILES string of the molecule is c1ccc(-c2cc(-c3ccc(-c4c5ccccc5c(-c5ccc(-c6ccc(-c7ccccn7)nc6)cc5)c5ccccc45)cc3)nc(-c3ccccc3)n2)cc1. The number of hydrogen-bond donors (Lipinski definition) is 0. The lowest BCUT2D eigenvalue weighted by Crippen LogP contribution is -1.96. The summed E-state index contributed by atoms with van der Waals surface area (Å²) in [7, 11) is 0. The Hall–Kier alpha value is -7.56. The van der Waals surface area contributed by atoms with Crippen molar-refractivity contribution in [3.8, 4) is 78.7 Å². The molecule has 0 aliphatic carbocycles. The molecule has 0 amide bonds. The highest BCUT2D eigenvalue weighted by molar-refractivity contribution is 6.21. The number of nitrogens with zero attached hydrogens (tertiary/aromatic N) is 4. The third-order valence-corrected chi connectivity index (χ3v) is 10.4. The van der Waals surface area contributed by atoms with Crippen LogP contribution in [0.5, 0.6) is 0 Å². The van der Waals surface area contributed by atoms with Crippen molar-refractivity contribution in [3.05, 3.63) is 207 Å². The number of fused-ring (bicyclic) bond motifs is 2. The molecule has 3 aromatic heterocycles. The molecule has 10 rings (SSSR count). The first-order chi connectivity index (χ1) is 27.8. The smallest absolute Gasteiger partial charge is 0.160 e. The van der Waals surface area contributed by atoms with Gasteiger partial charge in [0.1, 0.15) is 0 Å². The molecule has 56 heavy (non-hydrogen) atoms. The minimum atomic E-state index is 0.710. The average Bonchev–Trinajstić information content (AvgIpc) is 3.29. The number of benzene rings is 7. The van der Waals surface area contributed by atoms with Crippen molar-refractivity contribution in [1.82, 2.24) is 19.9 Å². The number of aromatic nitrogens is 4. The van der Waals surface area contributed by atoms with Crippen LogP contribution in [-0.2, 0) is 0 Å². The van der Waals surface area contributed by atoms with Crippen molar-refractivity contribution in [1.29, 1.82) is 0 Å². The summed E-state index contributed by atoms with van der Waals surface area (Å²) in [5.74, 6) is 0.710. The molecular formula is C52H34N4. The number of hydrogen-bond acceptors (Lipinski definition) is 4. The van der Waals surface area contributed by atoms with Crippen LogP contribution in [0.25, 0.3) is 100 Å². The fraction of sp³-hybridized carbons (Fsp3) is 0. The van der Waals surface area contributed by atoms with Gasteiger partial charge in [-0.15, -0.1) is 0 Å². The van der Waals surface area contributed by atoms with Crippen LogP contribution in [0.2, 0.25) is 0 Å². The Balaban J connectivity index is 1.04. The highest BCUT2D eigenvalue weighted by Gasteiger charge is 2.17. The molecule has 4 nitrogen and oxygen atoms in total. The topological polar surface area (TPSA) is 51.6 Å². The zero-order valence-electron chi connectivity index (χ0n) is 30.4. The van der Waals surface area contributed by atoms with Gasteiger partial charge in [0, 0.05) is 34.6 Å². The maximum atomic E-state index is 5.07. The normalized spacial score (nSPS) is 11.2. The van der Waals surface area contributed by atoms with E-state index in [0.717, 1.165) is 56.2 Å². The van der Waals surface area contributed by atoms with Gasteiger partial charge in [0.05, 0.1) is 22.8 Å². The van der Waals surface area contributed by atoms with Crippen LogP contribution in [-0.4, -0.2) is 19.9 Å². The van der Waals surface area contributed by atoms with Gasteiger partial charge in [0.25, 0.3) is 0 Å². The van der Waals surface area contributed by atoms with Crippen LogP contribution < -0.4 is 0 Å². The quantitative estimate of drug-likeness (QED) is 0.154. The largest absolute Gasteiger partial charge is 0.255 e. The van der Waals surface area contributed by atoms with Gasteiger partial charge in [0.2, 0.25) is 0 Å². The second-order valence-corrected chi connectivity index (χ2v) is 13.8. The zero-order chi connectivity index (χ0) is 37.3. The van der Waals surface area contributed by atoms with E-state index in [2.05, 4.69) is 138 Å². The molecule has 262 valence electrons. The maximum Gasteiger partial charge on any atom is 0.160 e. The summed E-state index contributed by atoms with van der Waals surface area (Å²) in [6.45, 7) is 0. The summed E-state index contributed by atoms with van der Waals surface area (Å²) in [6, 6.07) is 67.9. The van der Waals surface area contributed by atoms with E-state index in [0.29, 0.717) is 5.82 Å². The Labute approximate surface area is 325 Å². The zero-order valence-corrected chi connectivity index (χ0v) is 30.4. The average molecular weight is 715 g/mol. The molecule has 0 aliphatic heterocycles. The third-order valence-electron chi connectivity index (χ3n) is 10.4. The van der Waals surface area contributed by atoms with Gasteiger partial charge < -0.3 is 0 Å². The Kier molecular flexibility index (Phi) is 8.47. The first kappa shape index (κ1) is 33.0. The predicted molar refractivity (Wildman–Crippen MR) is 231 cm³/mol. The van der Waals surface area contributed by atoms with E-state index in [9.17, 15) is 0 Å². The van der Waals surface area contributed by atoms with Crippen molar-refractivity contribution >= 4 is 21.5 Å². The minimum absolute atomic E-state index is 0.710. The summed E-state index contributed by atoms with van der Waals surface area (Å²) >= 11 is 0. The highest BCUT2D eigenvalue weighted by atomic mass is 14.9. The molecule has 7 aromatic carbocycles. The van der Waals surface area contributed by atoms with E-state index < -0.39 is 0 Å². The molecule has 0 bridgehead atoms. The van der Waals surface area contributed by atoms with Crippen LogP contribution in [0.1, 0.15) is 0 Å². The Morgan fingerprint density at radius 1 is 0.268 bits per heavy atom. The van der Waals surface area contributed by atoms with E-state index in [1.54, 1.807) is 6.20 Å². The van der Waals surface area contributed by atoms with Crippen LogP contribution >= 0.6 is 0 Å². The molecule has 0 saturated heterocycles. The summed E-state index contributed by atoms with van der Waals surface area (Å²) in [5.41, 5.74) is 13.6. The van der Waals surface area contributed by atoms with Gasteiger partial charge in [-0.25, -0.2) is 9.97 Å². The Morgan fingerprint density at radius 2 is 0.696 bits per heavy atom. The second-order valence-electron chi connectivity index (χ2n) is 13.8. The standard InChI is InChI=1S/C52H34N4/c1-3-13-36(14-4-1)48-33-49(56-52(55-48)40-15-5-2-6-16-40)37-24-28-39(29-25-37)51-44-19-9-7-17-42(44)50(43-18-8-10-20-45(43)51)38-26-22-35(23-27-38)41-30-31-47(54-34-41)46-21-11-12-32-53-46/h1-34H. The van der Waals surface area contributed by atoms with Gasteiger partial charge in [-0.3, -0.25) is 9.97 Å². The van der Waals surface area contributed by atoms with E-state index in [1.165, 1.54) is 38.2 Å². The highest BCUT2D eigenvalue weighted by Crippen LogP contribution is 2.44. The van der Waals surface area contributed by atoms with E-state index >= 15 is 0 Å². The number of rotatable bonds is 7. The maximum absolute atomic E-state index is 5.07. The van der Waals surface area contributed by atoms with E-state index in [1.807, 2.05) is 66.9 Å². The van der Waals surface area contributed by atoms with Crippen molar-refractivity contribution in [2.75, 3.05) is 0 Å². The van der Waals surface area contributed by atoms with Gasteiger partial charge in [-0.1, -0.05) is 170 Å². The van der Waals surface area contributed by atoms with Gasteiger partial charge in [-0.05, 0) is 73.6 Å². The summed E-state index contributed by atoms with van der Waals surface area (Å²) in [4.78, 5) is 19.2. The third kappa shape index (κ3) is 6.19. The fourth-order valence-electron chi connectivity index (χ4n) is 7.69. The molecular weight excluding hydrogens is 681 g/mol. The van der Waals surface area contributed by atoms with Gasteiger partial charge in [0.15, 0.2) is 5.82 Å². The lowest BCUT2D eigenvalue weighted by Gasteiger charge is -2.18. The number of pyridine rings is 2. The molecule has 0 fully saturated rings. The summed E-state index contributed by atoms with van der Waals surface area (Å²) in [5, 5.41) is 4.87.